The summed E-state index contributed by atoms with van der Waals surface area (Å²) in [5.74, 6) is -0.0929. The van der Waals surface area contributed by atoms with Crippen LogP contribution >= 0.6 is 11.6 Å². The minimum absolute atomic E-state index is 0.0464. The first-order chi connectivity index (χ1) is 9.88. The van der Waals surface area contributed by atoms with Crippen LogP contribution in [0.25, 0.3) is 0 Å². The van der Waals surface area contributed by atoms with Crippen molar-refractivity contribution < 1.29 is 14.6 Å². The van der Waals surface area contributed by atoms with E-state index >= 15 is 0 Å². The maximum absolute atomic E-state index is 11.9. The second kappa shape index (κ2) is 6.65. The highest BCUT2D eigenvalue weighted by Gasteiger charge is 2.23. The van der Waals surface area contributed by atoms with Gasteiger partial charge in [0.1, 0.15) is 5.60 Å². The van der Waals surface area contributed by atoms with Crippen LogP contribution in [0.1, 0.15) is 47.1 Å². The quantitative estimate of drug-likeness (QED) is 0.645. The van der Waals surface area contributed by atoms with Gasteiger partial charge < -0.3 is 9.84 Å². The topological polar surface area (TPSA) is 71.8 Å². The first-order valence-corrected chi connectivity index (χ1v) is 7.41. The summed E-state index contributed by atoms with van der Waals surface area (Å²) in [4.78, 5) is 19.9. The van der Waals surface area contributed by atoms with Crippen LogP contribution in [0.2, 0.25) is 5.15 Å². The molecule has 0 unspecified atom stereocenters. The molecule has 1 aromatic heterocycles. The van der Waals surface area contributed by atoms with Gasteiger partial charge >= 0.3 is 6.09 Å². The third kappa shape index (κ3) is 6.02. The van der Waals surface area contributed by atoms with E-state index in [9.17, 15) is 9.90 Å². The van der Waals surface area contributed by atoms with E-state index in [0.29, 0.717) is 12.1 Å². The minimum Gasteiger partial charge on any atom is -0.505 e. The number of rotatable bonds is 2. The van der Waals surface area contributed by atoms with Crippen LogP contribution in [-0.2, 0) is 11.2 Å². The number of ether oxygens (including phenoxy) is 1. The molecule has 1 heterocycles. The van der Waals surface area contributed by atoms with Gasteiger partial charge in [0.15, 0.2) is 10.9 Å². The van der Waals surface area contributed by atoms with E-state index < -0.39 is 11.7 Å². The molecule has 1 aromatic rings. The average Bonchev–Trinajstić information content (AvgIpc) is 2.29. The number of nitrogens with zero attached hydrogens (tertiary/aromatic N) is 2. The summed E-state index contributed by atoms with van der Waals surface area (Å²) < 4.78 is 5.23. The Labute approximate surface area is 136 Å². The molecule has 22 heavy (non-hydrogen) atoms. The largest absolute Gasteiger partial charge is 0.505 e. The van der Waals surface area contributed by atoms with Gasteiger partial charge in [-0.25, -0.2) is 9.78 Å². The molecular formula is C16H23ClN2O3. The molecular weight excluding hydrogens is 304 g/mol. The van der Waals surface area contributed by atoms with Gasteiger partial charge in [-0.1, -0.05) is 32.4 Å². The minimum atomic E-state index is -0.622. The van der Waals surface area contributed by atoms with Gasteiger partial charge in [-0.2, -0.15) is 4.99 Å². The Morgan fingerprint density at radius 2 is 1.91 bits per heavy atom. The molecule has 0 atom stereocenters. The lowest BCUT2D eigenvalue weighted by atomic mass is 9.86. The van der Waals surface area contributed by atoms with Gasteiger partial charge in [-0.15, -0.1) is 0 Å². The Kier molecular flexibility index (Phi) is 5.57. The standard InChI is InChI=1S/C16H23ClN2O3/c1-15(2,3)12(19-14(21)22-16(4,5)6)8-10-7-11(20)13(17)18-9-10/h7,9,20H,8H2,1-6H3/b19-12-. The summed E-state index contributed by atoms with van der Waals surface area (Å²) in [6.45, 7) is 11.2. The number of carbonyl (C=O) groups is 1. The second-order valence-corrected chi connectivity index (χ2v) is 7.48. The molecule has 1 rings (SSSR count). The zero-order valence-corrected chi connectivity index (χ0v) is 14.7. The molecule has 5 nitrogen and oxygen atoms in total. The predicted molar refractivity (Wildman–Crippen MR) is 87.7 cm³/mol. The number of amides is 1. The molecule has 0 aliphatic rings. The molecule has 0 saturated heterocycles. The van der Waals surface area contributed by atoms with E-state index in [1.165, 1.54) is 6.07 Å². The van der Waals surface area contributed by atoms with E-state index in [-0.39, 0.29) is 16.3 Å². The van der Waals surface area contributed by atoms with Gasteiger partial charge in [0, 0.05) is 23.7 Å². The summed E-state index contributed by atoms with van der Waals surface area (Å²) in [5, 5.41) is 9.67. The molecule has 0 saturated carbocycles. The van der Waals surface area contributed by atoms with Crippen molar-refractivity contribution in [2.24, 2.45) is 10.4 Å². The van der Waals surface area contributed by atoms with Gasteiger partial charge in [0.25, 0.3) is 0 Å². The zero-order valence-electron chi connectivity index (χ0n) is 13.9. The lowest BCUT2D eigenvalue weighted by molar-refractivity contribution is 0.0602. The molecule has 0 bridgehead atoms. The van der Waals surface area contributed by atoms with Crippen molar-refractivity contribution in [3.63, 3.8) is 0 Å². The van der Waals surface area contributed by atoms with Gasteiger partial charge in [-0.05, 0) is 32.4 Å². The SMILES string of the molecule is CC(C)(C)OC(=O)/N=C(/Cc1cnc(Cl)c(O)c1)C(C)(C)C. The summed E-state index contributed by atoms with van der Waals surface area (Å²) in [7, 11) is 0. The van der Waals surface area contributed by atoms with Crippen molar-refractivity contribution in [3.05, 3.63) is 23.0 Å². The highest BCUT2D eigenvalue weighted by atomic mass is 35.5. The third-order valence-electron chi connectivity index (χ3n) is 2.73. The van der Waals surface area contributed by atoms with Crippen LogP contribution in [0.3, 0.4) is 0 Å². The molecule has 1 amide bonds. The molecule has 122 valence electrons. The number of aromatic nitrogens is 1. The van der Waals surface area contributed by atoms with Crippen LogP contribution < -0.4 is 0 Å². The van der Waals surface area contributed by atoms with Gasteiger partial charge in [-0.3, -0.25) is 0 Å². The number of aliphatic imine (C=N–C) groups is 1. The Hall–Kier alpha value is -1.62. The first-order valence-electron chi connectivity index (χ1n) is 7.03. The van der Waals surface area contributed by atoms with Crippen LogP contribution in [0.5, 0.6) is 5.75 Å². The zero-order chi connectivity index (χ0) is 17.1. The number of carbonyl (C=O) groups excluding carboxylic acids is 1. The Bertz CT molecular complexity index is 584. The van der Waals surface area contributed by atoms with Crippen molar-refractivity contribution in [3.8, 4) is 5.75 Å². The normalized spacial score (nSPS) is 13.1. The number of halogens is 1. The van der Waals surface area contributed by atoms with E-state index in [1.54, 1.807) is 27.0 Å². The van der Waals surface area contributed by atoms with Crippen molar-refractivity contribution in [1.82, 2.24) is 4.98 Å². The van der Waals surface area contributed by atoms with E-state index in [2.05, 4.69) is 9.98 Å². The van der Waals surface area contributed by atoms with Crippen LogP contribution in [0.4, 0.5) is 4.79 Å². The van der Waals surface area contributed by atoms with Gasteiger partial charge in [0.05, 0.1) is 0 Å². The molecule has 0 fully saturated rings. The maximum atomic E-state index is 11.9. The third-order valence-corrected chi connectivity index (χ3v) is 3.03. The van der Waals surface area contributed by atoms with Crippen LogP contribution in [0.15, 0.2) is 17.3 Å². The lowest BCUT2D eigenvalue weighted by Gasteiger charge is -2.23. The van der Waals surface area contributed by atoms with Crippen LogP contribution in [0, 0.1) is 5.41 Å². The fourth-order valence-electron chi connectivity index (χ4n) is 1.64. The Balaban J connectivity index is 3.04. The molecule has 0 aliphatic carbocycles. The van der Waals surface area contributed by atoms with Crippen molar-refractivity contribution in [2.75, 3.05) is 0 Å². The summed E-state index contributed by atoms with van der Waals surface area (Å²) in [6.07, 6.45) is 1.31. The Morgan fingerprint density at radius 1 is 1.32 bits per heavy atom. The lowest BCUT2D eigenvalue weighted by Crippen LogP contribution is -2.27. The monoisotopic (exact) mass is 326 g/mol. The fraction of sp³-hybridized carbons (Fsp3) is 0.562. The highest BCUT2D eigenvalue weighted by molar-refractivity contribution is 6.30. The summed E-state index contributed by atoms with van der Waals surface area (Å²) in [5.41, 5.74) is 0.444. The summed E-state index contributed by atoms with van der Waals surface area (Å²) >= 11 is 5.70. The molecule has 0 aliphatic heterocycles. The van der Waals surface area contributed by atoms with E-state index in [0.717, 1.165) is 5.56 Å². The van der Waals surface area contributed by atoms with Crippen molar-refractivity contribution in [1.29, 1.82) is 0 Å². The van der Waals surface area contributed by atoms with Gasteiger partial charge in [0.2, 0.25) is 0 Å². The predicted octanol–water partition coefficient (Wildman–Crippen LogP) is 4.41. The number of aromatic hydroxyl groups is 1. The maximum Gasteiger partial charge on any atom is 0.434 e. The molecule has 0 aromatic carbocycles. The number of pyridine rings is 1. The smallest absolute Gasteiger partial charge is 0.434 e. The molecule has 0 radical (unpaired) electrons. The first kappa shape index (κ1) is 18.4. The number of hydrogen-bond acceptors (Lipinski definition) is 4. The van der Waals surface area contributed by atoms with Crippen molar-refractivity contribution in [2.45, 2.75) is 53.6 Å². The van der Waals surface area contributed by atoms with Crippen molar-refractivity contribution >= 4 is 23.4 Å². The van der Waals surface area contributed by atoms with E-state index in [1.807, 2.05) is 20.8 Å². The molecule has 1 N–H and O–H groups in total. The van der Waals surface area contributed by atoms with Crippen LogP contribution in [-0.4, -0.2) is 27.5 Å². The molecule has 0 spiro atoms. The highest BCUT2D eigenvalue weighted by Crippen LogP contribution is 2.24. The Morgan fingerprint density at radius 3 is 2.36 bits per heavy atom. The number of hydrogen-bond donors (Lipinski definition) is 1. The fourth-order valence-corrected chi connectivity index (χ4v) is 1.74. The summed E-state index contributed by atoms with van der Waals surface area (Å²) in [6, 6.07) is 1.52. The second-order valence-electron chi connectivity index (χ2n) is 7.12. The average molecular weight is 327 g/mol. The van der Waals surface area contributed by atoms with E-state index in [4.69, 9.17) is 16.3 Å². The molecule has 6 heteroatoms.